The fraction of sp³-hybridized carbons (Fsp3) is 0.727. The van der Waals surface area contributed by atoms with Crippen LogP contribution in [0.5, 0.6) is 0 Å². The quantitative estimate of drug-likeness (QED) is 0.353. The third kappa shape index (κ3) is 7.11. The van der Waals surface area contributed by atoms with Crippen LogP contribution in [0, 0.1) is 0 Å². The summed E-state index contributed by atoms with van der Waals surface area (Å²) in [6, 6.07) is 0. The highest BCUT2D eigenvalue weighted by atomic mass is 16.7. The summed E-state index contributed by atoms with van der Waals surface area (Å²) in [5.74, 6) is -0.192. The number of hydrogen-bond acceptors (Lipinski definition) is 4. The summed E-state index contributed by atoms with van der Waals surface area (Å²) < 4.78 is 14.8. The molecule has 0 amide bonds. The fourth-order valence-corrected chi connectivity index (χ4v) is 1.16. The molecule has 0 aliphatic carbocycles. The lowest BCUT2D eigenvalue weighted by molar-refractivity contribution is -0.140. The third-order valence-corrected chi connectivity index (χ3v) is 2.01. The second-order valence-corrected chi connectivity index (χ2v) is 3.38. The van der Waals surface area contributed by atoms with Crippen LogP contribution in [0.1, 0.15) is 26.2 Å². The maximum absolute atomic E-state index is 10.9. The molecule has 1 unspecified atom stereocenters. The normalized spacial score (nSPS) is 12.2. The Balaban J connectivity index is 3.75. The summed E-state index contributed by atoms with van der Waals surface area (Å²) in [7, 11) is 2.96. The predicted molar refractivity (Wildman–Crippen MR) is 57.4 cm³/mol. The molecule has 0 rings (SSSR count). The molecule has 0 aromatic heterocycles. The Kier molecular flexibility index (Phi) is 7.95. The van der Waals surface area contributed by atoms with E-state index in [1.165, 1.54) is 7.11 Å². The van der Waals surface area contributed by atoms with E-state index in [0.717, 1.165) is 18.4 Å². The first-order valence-corrected chi connectivity index (χ1v) is 4.94. The Morgan fingerprint density at radius 3 is 2.53 bits per heavy atom. The van der Waals surface area contributed by atoms with Gasteiger partial charge in [0.2, 0.25) is 0 Å². The number of hydrogen-bond donors (Lipinski definition) is 0. The average molecular weight is 216 g/mol. The van der Waals surface area contributed by atoms with Crippen molar-refractivity contribution >= 4 is 5.97 Å². The van der Waals surface area contributed by atoms with Crippen LogP contribution >= 0.6 is 0 Å². The molecule has 4 heteroatoms. The highest BCUT2D eigenvalue weighted by Gasteiger charge is 2.10. The van der Waals surface area contributed by atoms with Crippen molar-refractivity contribution in [1.82, 2.24) is 0 Å². The van der Waals surface area contributed by atoms with Gasteiger partial charge in [0.25, 0.3) is 0 Å². The maximum atomic E-state index is 10.9. The molecule has 0 N–H and O–H groups in total. The van der Waals surface area contributed by atoms with Gasteiger partial charge in [-0.15, -0.1) is 0 Å². The Labute approximate surface area is 91.2 Å². The number of esters is 1. The molecule has 0 saturated carbocycles. The van der Waals surface area contributed by atoms with Gasteiger partial charge >= 0.3 is 5.97 Å². The van der Waals surface area contributed by atoms with Crippen molar-refractivity contribution in [2.75, 3.05) is 21.0 Å². The molecule has 0 bridgehead atoms. The van der Waals surface area contributed by atoms with Crippen LogP contribution in [0.3, 0.4) is 0 Å². The molecule has 15 heavy (non-hydrogen) atoms. The van der Waals surface area contributed by atoms with E-state index in [-0.39, 0.29) is 18.9 Å². The lowest BCUT2D eigenvalue weighted by Crippen LogP contribution is -2.16. The van der Waals surface area contributed by atoms with Crippen molar-refractivity contribution in [3.8, 4) is 0 Å². The van der Waals surface area contributed by atoms with Gasteiger partial charge < -0.3 is 14.2 Å². The first-order valence-electron chi connectivity index (χ1n) is 4.94. The summed E-state index contributed by atoms with van der Waals surface area (Å²) in [6.07, 6.45) is 1.85. The van der Waals surface area contributed by atoms with Crippen molar-refractivity contribution in [2.24, 2.45) is 0 Å². The van der Waals surface area contributed by atoms with E-state index in [1.54, 1.807) is 7.11 Å². The molecule has 4 nitrogen and oxygen atoms in total. The van der Waals surface area contributed by atoms with Crippen LogP contribution < -0.4 is 0 Å². The van der Waals surface area contributed by atoms with Gasteiger partial charge in [0.1, 0.15) is 6.79 Å². The van der Waals surface area contributed by atoms with Gasteiger partial charge in [-0.1, -0.05) is 12.2 Å². The van der Waals surface area contributed by atoms with E-state index in [4.69, 9.17) is 9.47 Å². The second kappa shape index (κ2) is 8.44. The zero-order valence-corrected chi connectivity index (χ0v) is 9.75. The third-order valence-electron chi connectivity index (χ3n) is 2.01. The Morgan fingerprint density at radius 1 is 1.40 bits per heavy atom. The molecule has 0 aromatic rings. The highest BCUT2D eigenvalue weighted by molar-refractivity contribution is 5.68. The fourth-order valence-electron chi connectivity index (χ4n) is 1.16. The zero-order valence-electron chi connectivity index (χ0n) is 9.75. The van der Waals surface area contributed by atoms with Gasteiger partial charge in [0.05, 0.1) is 13.2 Å². The summed E-state index contributed by atoms with van der Waals surface area (Å²) in [6.45, 7) is 5.98. The summed E-state index contributed by atoms with van der Waals surface area (Å²) in [4.78, 5) is 10.9. The van der Waals surface area contributed by atoms with E-state index >= 15 is 0 Å². The van der Waals surface area contributed by atoms with Crippen LogP contribution in [0.25, 0.3) is 0 Å². The second-order valence-electron chi connectivity index (χ2n) is 3.38. The number of rotatable bonds is 8. The minimum atomic E-state index is -0.192. The minimum absolute atomic E-state index is 0.0467. The largest absolute Gasteiger partial charge is 0.469 e. The smallest absolute Gasteiger partial charge is 0.305 e. The number of ether oxygens (including phenoxy) is 3. The van der Waals surface area contributed by atoms with E-state index in [0.29, 0.717) is 6.42 Å². The lowest BCUT2D eigenvalue weighted by Gasteiger charge is -2.16. The van der Waals surface area contributed by atoms with Crippen LogP contribution in [-0.4, -0.2) is 33.1 Å². The van der Waals surface area contributed by atoms with Crippen molar-refractivity contribution in [3.05, 3.63) is 12.2 Å². The molecule has 0 heterocycles. The molecule has 0 radical (unpaired) electrons. The molecular formula is C11H20O4. The van der Waals surface area contributed by atoms with Gasteiger partial charge in [-0.05, 0) is 19.8 Å². The summed E-state index contributed by atoms with van der Waals surface area (Å²) >= 11 is 0. The zero-order chi connectivity index (χ0) is 11.7. The molecule has 0 aliphatic rings. The first kappa shape index (κ1) is 14.1. The molecule has 0 aromatic carbocycles. The Morgan fingerprint density at radius 2 is 2.07 bits per heavy atom. The van der Waals surface area contributed by atoms with Gasteiger partial charge in [0.15, 0.2) is 0 Å². The van der Waals surface area contributed by atoms with E-state index in [1.807, 2.05) is 6.92 Å². The van der Waals surface area contributed by atoms with E-state index < -0.39 is 0 Å². The SMILES string of the molecule is C=C(C)C(CCCC(=O)OC)OCOC. The van der Waals surface area contributed by atoms with Crippen LogP contribution in [0.4, 0.5) is 0 Å². The van der Waals surface area contributed by atoms with Crippen molar-refractivity contribution in [1.29, 1.82) is 0 Å². The van der Waals surface area contributed by atoms with Gasteiger partial charge in [-0.3, -0.25) is 4.79 Å². The lowest BCUT2D eigenvalue weighted by atomic mass is 10.1. The summed E-state index contributed by atoms with van der Waals surface area (Å²) in [5, 5.41) is 0. The van der Waals surface area contributed by atoms with Crippen molar-refractivity contribution in [3.63, 3.8) is 0 Å². The molecule has 0 aliphatic heterocycles. The molecular weight excluding hydrogens is 196 g/mol. The van der Waals surface area contributed by atoms with Gasteiger partial charge in [0, 0.05) is 13.5 Å². The number of carbonyl (C=O) groups excluding carboxylic acids is 1. The molecule has 88 valence electrons. The highest BCUT2D eigenvalue weighted by Crippen LogP contribution is 2.12. The van der Waals surface area contributed by atoms with Crippen molar-refractivity contribution in [2.45, 2.75) is 32.3 Å². The molecule has 0 fully saturated rings. The maximum Gasteiger partial charge on any atom is 0.305 e. The molecule has 0 saturated heterocycles. The number of carbonyl (C=O) groups is 1. The first-order chi connectivity index (χ1) is 7.11. The predicted octanol–water partition coefficient (Wildman–Crippen LogP) is 1.89. The van der Waals surface area contributed by atoms with Crippen molar-refractivity contribution < 1.29 is 19.0 Å². The van der Waals surface area contributed by atoms with Gasteiger partial charge in [-0.25, -0.2) is 0 Å². The van der Waals surface area contributed by atoms with Crippen LogP contribution in [-0.2, 0) is 19.0 Å². The van der Waals surface area contributed by atoms with Crippen LogP contribution in [0.2, 0.25) is 0 Å². The van der Waals surface area contributed by atoms with E-state index in [2.05, 4.69) is 11.3 Å². The standard InChI is InChI=1S/C11H20O4/c1-9(2)10(15-8-13-3)6-5-7-11(12)14-4/h10H,1,5-8H2,2-4H3. The Hall–Kier alpha value is -0.870. The van der Waals surface area contributed by atoms with E-state index in [9.17, 15) is 4.79 Å². The average Bonchev–Trinajstić information content (AvgIpc) is 2.22. The Bertz CT molecular complexity index is 201. The monoisotopic (exact) mass is 216 g/mol. The topological polar surface area (TPSA) is 44.8 Å². The summed E-state index contributed by atoms with van der Waals surface area (Å²) in [5.41, 5.74) is 0.942. The molecule has 0 spiro atoms. The van der Waals surface area contributed by atoms with Crippen LogP contribution in [0.15, 0.2) is 12.2 Å². The van der Waals surface area contributed by atoms with Gasteiger partial charge in [-0.2, -0.15) is 0 Å². The minimum Gasteiger partial charge on any atom is -0.469 e. The molecule has 1 atom stereocenters. The number of methoxy groups -OCH3 is 2.